The highest BCUT2D eigenvalue weighted by Crippen LogP contribution is 2.15. The second kappa shape index (κ2) is 10.8. The third-order valence-corrected chi connectivity index (χ3v) is 2.98. The summed E-state index contributed by atoms with van der Waals surface area (Å²) in [6.45, 7) is 4.61. The summed E-state index contributed by atoms with van der Waals surface area (Å²) in [6.07, 6.45) is 1.63. The number of aliphatic hydroxyl groups excluding tert-OH is 1. The third-order valence-electron chi connectivity index (χ3n) is 2.98. The van der Waals surface area contributed by atoms with Crippen molar-refractivity contribution in [1.82, 2.24) is 0 Å². The van der Waals surface area contributed by atoms with E-state index in [1.807, 2.05) is 12.1 Å². The molecule has 0 spiro atoms. The van der Waals surface area contributed by atoms with Crippen LogP contribution in [0.25, 0.3) is 0 Å². The SMILES string of the molecule is CCCc1ccc(C(O)COCCOCCOC)cc1. The van der Waals surface area contributed by atoms with Crippen LogP contribution in [0.15, 0.2) is 24.3 Å². The van der Waals surface area contributed by atoms with Crippen LogP contribution in [-0.2, 0) is 20.6 Å². The normalized spacial score (nSPS) is 12.6. The molecule has 0 heterocycles. The van der Waals surface area contributed by atoms with E-state index in [1.54, 1.807) is 7.11 Å². The first-order valence-electron chi connectivity index (χ1n) is 7.19. The summed E-state index contributed by atoms with van der Waals surface area (Å²) in [4.78, 5) is 0. The Kier molecular flexibility index (Phi) is 9.24. The van der Waals surface area contributed by atoms with E-state index in [2.05, 4.69) is 19.1 Å². The van der Waals surface area contributed by atoms with E-state index in [-0.39, 0.29) is 0 Å². The van der Waals surface area contributed by atoms with Crippen molar-refractivity contribution in [2.75, 3.05) is 40.1 Å². The molecule has 0 saturated heterocycles. The summed E-state index contributed by atoms with van der Waals surface area (Å²) < 4.78 is 15.5. The first kappa shape index (κ1) is 17.1. The molecule has 1 atom stereocenters. The lowest BCUT2D eigenvalue weighted by molar-refractivity contribution is -0.00590. The van der Waals surface area contributed by atoms with Crippen molar-refractivity contribution in [1.29, 1.82) is 0 Å². The first-order valence-corrected chi connectivity index (χ1v) is 7.19. The predicted octanol–water partition coefficient (Wildman–Crippen LogP) is 2.35. The quantitative estimate of drug-likeness (QED) is 0.633. The number of rotatable bonds is 11. The molecule has 20 heavy (non-hydrogen) atoms. The van der Waals surface area contributed by atoms with E-state index in [9.17, 15) is 5.11 Å². The molecule has 114 valence electrons. The van der Waals surface area contributed by atoms with Crippen LogP contribution in [0, 0.1) is 0 Å². The Morgan fingerprint density at radius 3 is 2.30 bits per heavy atom. The minimum atomic E-state index is -0.579. The minimum Gasteiger partial charge on any atom is -0.386 e. The van der Waals surface area contributed by atoms with Gasteiger partial charge in [0.05, 0.1) is 33.0 Å². The highest BCUT2D eigenvalue weighted by molar-refractivity contribution is 5.24. The first-order chi connectivity index (χ1) is 9.77. The topological polar surface area (TPSA) is 47.9 Å². The molecule has 0 fully saturated rings. The molecular weight excluding hydrogens is 256 g/mol. The lowest BCUT2D eigenvalue weighted by Gasteiger charge is -2.12. The molecule has 4 nitrogen and oxygen atoms in total. The van der Waals surface area contributed by atoms with E-state index < -0.39 is 6.10 Å². The van der Waals surface area contributed by atoms with Gasteiger partial charge in [-0.3, -0.25) is 0 Å². The molecule has 4 heteroatoms. The van der Waals surface area contributed by atoms with E-state index in [0.29, 0.717) is 33.0 Å². The Balaban J connectivity index is 2.17. The molecule has 1 rings (SSSR count). The number of hydrogen-bond donors (Lipinski definition) is 1. The van der Waals surface area contributed by atoms with Gasteiger partial charge in [-0.1, -0.05) is 37.6 Å². The molecule has 1 N–H and O–H groups in total. The fraction of sp³-hybridized carbons (Fsp3) is 0.625. The second-order valence-corrected chi connectivity index (χ2v) is 4.69. The monoisotopic (exact) mass is 282 g/mol. The number of aliphatic hydroxyl groups is 1. The lowest BCUT2D eigenvalue weighted by atomic mass is 10.0. The molecule has 0 bridgehead atoms. The van der Waals surface area contributed by atoms with Gasteiger partial charge in [0.1, 0.15) is 6.10 Å². The van der Waals surface area contributed by atoms with Crippen LogP contribution in [0.5, 0.6) is 0 Å². The molecule has 0 saturated carbocycles. The van der Waals surface area contributed by atoms with Crippen molar-refractivity contribution in [3.05, 3.63) is 35.4 Å². The molecule has 0 radical (unpaired) electrons. The maximum absolute atomic E-state index is 10.00. The number of hydrogen-bond acceptors (Lipinski definition) is 4. The van der Waals surface area contributed by atoms with Gasteiger partial charge in [0.15, 0.2) is 0 Å². The Bertz CT molecular complexity index is 337. The largest absolute Gasteiger partial charge is 0.386 e. The van der Waals surface area contributed by atoms with Gasteiger partial charge in [-0.2, -0.15) is 0 Å². The van der Waals surface area contributed by atoms with Crippen LogP contribution >= 0.6 is 0 Å². The minimum absolute atomic E-state index is 0.292. The van der Waals surface area contributed by atoms with E-state index in [0.717, 1.165) is 18.4 Å². The van der Waals surface area contributed by atoms with Crippen LogP contribution in [0.4, 0.5) is 0 Å². The molecule has 0 aliphatic carbocycles. The number of aryl methyl sites for hydroxylation is 1. The molecular formula is C16H26O4. The molecule has 0 aliphatic heterocycles. The Morgan fingerprint density at radius 1 is 1.00 bits per heavy atom. The number of benzene rings is 1. The van der Waals surface area contributed by atoms with Gasteiger partial charge in [0.2, 0.25) is 0 Å². The summed E-state index contributed by atoms with van der Waals surface area (Å²) >= 11 is 0. The smallest absolute Gasteiger partial charge is 0.102 e. The zero-order chi connectivity index (χ0) is 14.6. The molecule has 0 aromatic heterocycles. The molecule has 1 aromatic carbocycles. The second-order valence-electron chi connectivity index (χ2n) is 4.69. The van der Waals surface area contributed by atoms with Crippen molar-refractivity contribution in [3.63, 3.8) is 0 Å². The van der Waals surface area contributed by atoms with Gasteiger partial charge in [-0.15, -0.1) is 0 Å². The van der Waals surface area contributed by atoms with E-state index in [4.69, 9.17) is 14.2 Å². The average Bonchev–Trinajstić information content (AvgIpc) is 2.47. The molecule has 0 aliphatic rings. The van der Waals surface area contributed by atoms with Crippen molar-refractivity contribution in [2.24, 2.45) is 0 Å². The van der Waals surface area contributed by atoms with Crippen LogP contribution in [0.2, 0.25) is 0 Å². The summed E-state index contributed by atoms with van der Waals surface area (Å²) in [5.74, 6) is 0. The zero-order valence-electron chi connectivity index (χ0n) is 12.5. The zero-order valence-corrected chi connectivity index (χ0v) is 12.5. The third kappa shape index (κ3) is 7.01. The highest BCUT2D eigenvalue weighted by atomic mass is 16.5. The van der Waals surface area contributed by atoms with Gasteiger partial charge < -0.3 is 19.3 Å². The molecule has 1 aromatic rings. The van der Waals surface area contributed by atoms with Crippen molar-refractivity contribution in [3.8, 4) is 0 Å². The van der Waals surface area contributed by atoms with Crippen molar-refractivity contribution in [2.45, 2.75) is 25.9 Å². The maximum Gasteiger partial charge on any atom is 0.102 e. The Morgan fingerprint density at radius 2 is 1.65 bits per heavy atom. The van der Waals surface area contributed by atoms with Gasteiger partial charge in [0.25, 0.3) is 0 Å². The van der Waals surface area contributed by atoms with E-state index >= 15 is 0 Å². The van der Waals surface area contributed by atoms with Gasteiger partial charge in [-0.05, 0) is 17.5 Å². The Labute approximate surface area is 121 Å². The molecule has 0 amide bonds. The standard InChI is InChI=1S/C16H26O4/c1-3-4-14-5-7-15(8-6-14)16(17)13-20-12-11-19-10-9-18-2/h5-8,16-17H,3-4,9-13H2,1-2H3. The Hall–Kier alpha value is -0.940. The van der Waals surface area contributed by atoms with Crippen LogP contribution in [0.3, 0.4) is 0 Å². The summed E-state index contributed by atoms with van der Waals surface area (Å²) in [7, 11) is 1.64. The lowest BCUT2D eigenvalue weighted by Crippen LogP contribution is -2.12. The average molecular weight is 282 g/mol. The fourth-order valence-corrected chi connectivity index (χ4v) is 1.85. The van der Waals surface area contributed by atoms with E-state index in [1.165, 1.54) is 5.56 Å². The number of ether oxygens (including phenoxy) is 3. The van der Waals surface area contributed by atoms with Crippen molar-refractivity contribution < 1.29 is 19.3 Å². The molecule has 1 unspecified atom stereocenters. The van der Waals surface area contributed by atoms with Gasteiger partial charge in [-0.25, -0.2) is 0 Å². The predicted molar refractivity (Wildman–Crippen MR) is 78.9 cm³/mol. The van der Waals surface area contributed by atoms with Crippen LogP contribution in [-0.4, -0.2) is 45.3 Å². The summed E-state index contributed by atoms with van der Waals surface area (Å²) in [6, 6.07) is 8.06. The maximum atomic E-state index is 10.00. The highest BCUT2D eigenvalue weighted by Gasteiger charge is 2.07. The van der Waals surface area contributed by atoms with Gasteiger partial charge in [0, 0.05) is 7.11 Å². The van der Waals surface area contributed by atoms with Gasteiger partial charge >= 0.3 is 0 Å². The summed E-state index contributed by atoms with van der Waals surface area (Å²) in [5.41, 5.74) is 2.20. The fourth-order valence-electron chi connectivity index (χ4n) is 1.85. The van der Waals surface area contributed by atoms with Crippen LogP contribution < -0.4 is 0 Å². The summed E-state index contributed by atoms with van der Waals surface area (Å²) in [5, 5.41) is 10.00. The number of methoxy groups -OCH3 is 1. The van der Waals surface area contributed by atoms with Crippen LogP contribution in [0.1, 0.15) is 30.6 Å². The van der Waals surface area contributed by atoms with Crippen molar-refractivity contribution >= 4 is 0 Å².